The Kier molecular flexibility index (Phi) is 6.22. The number of carbonyl (C=O) groups is 1. The van der Waals surface area contributed by atoms with E-state index in [2.05, 4.69) is 4.98 Å². The second kappa shape index (κ2) is 9.00. The molecular formula is C21H19NO4S. The normalized spacial score (nSPS) is 10.7. The summed E-state index contributed by atoms with van der Waals surface area (Å²) in [4.78, 5) is 16.5. The maximum Gasteiger partial charge on any atom is 0.358 e. The second-order valence-electron chi connectivity index (χ2n) is 5.52. The number of aromatic nitrogens is 1. The summed E-state index contributed by atoms with van der Waals surface area (Å²) in [7, 11) is 3.16. The van der Waals surface area contributed by atoms with Gasteiger partial charge in [0.1, 0.15) is 11.6 Å². The van der Waals surface area contributed by atoms with Gasteiger partial charge in [0.2, 0.25) is 0 Å². The minimum absolute atomic E-state index is 0.191. The second-order valence-corrected chi connectivity index (χ2v) is 6.38. The van der Waals surface area contributed by atoms with Crippen LogP contribution < -0.4 is 9.47 Å². The lowest BCUT2D eigenvalue weighted by atomic mass is 10.2. The zero-order valence-electron chi connectivity index (χ0n) is 15.0. The number of thiazole rings is 1. The van der Waals surface area contributed by atoms with Gasteiger partial charge in [-0.15, -0.1) is 11.3 Å². The fourth-order valence-electron chi connectivity index (χ4n) is 2.42. The number of rotatable bonds is 7. The Morgan fingerprint density at radius 3 is 2.59 bits per heavy atom. The van der Waals surface area contributed by atoms with Crippen LogP contribution in [0.1, 0.15) is 16.1 Å². The van der Waals surface area contributed by atoms with Crippen LogP contribution in [0.15, 0.2) is 60.0 Å². The third-order valence-corrected chi connectivity index (χ3v) is 4.66. The Morgan fingerprint density at radius 1 is 1.07 bits per heavy atom. The summed E-state index contributed by atoms with van der Waals surface area (Å²) >= 11 is 1.37. The van der Waals surface area contributed by atoms with E-state index in [1.54, 1.807) is 25.7 Å². The summed E-state index contributed by atoms with van der Waals surface area (Å²) in [6.45, 7) is 0.191. The first kappa shape index (κ1) is 18.7. The molecule has 0 aliphatic carbocycles. The Labute approximate surface area is 161 Å². The van der Waals surface area contributed by atoms with Gasteiger partial charge in [-0.25, -0.2) is 9.78 Å². The molecule has 0 radical (unpaired) electrons. The lowest BCUT2D eigenvalue weighted by Gasteiger charge is -2.08. The maximum atomic E-state index is 12.2. The largest absolute Gasteiger partial charge is 0.493 e. The highest BCUT2D eigenvalue weighted by atomic mass is 32.1. The molecule has 3 rings (SSSR count). The molecule has 0 atom stereocenters. The van der Waals surface area contributed by atoms with E-state index in [4.69, 9.17) is 14.2 Å². The highest BCUT2D eigenvalue weighted by molar-refractivity contribution is 7.13. The van der Waals surface area contributed by atoms with Crippen molar-refractivity contribution in [2.75, 3.05) is 20.8 Å². The average Bonchev–Trinajstić information content (AvgIpc) is 3.21. The summed E-state index contributed by atoms with van der Waals surface area (Å²) in [6, 6.07) is 15.3. The van der Waals surface area contributed by atoms with Crippen molar-refractivity contribution in [3.8, 4) is 22.1 Å². The van der Waals surface area contributed by atoms with E-state index < -0.39 is 5.97 Å². The minimum Gasteiger partial charge on any atom is -0.493 e. The van der Waals surface area contributed by atoms with Crippen LogP contribution in [0.25, 0.3) is 16.6 Å². The maximum absolute atomic E-state index is 12.2. The van der Waals surface area contributed by atoms with Gasteiger partial charge in [-0.05, 0) is 29.8 Å². The Balaban J connectivity index is 1.63. The fraction of sp³-hybridized carbons (Fsp3) is 0.143. The number of carbonyl (C=O) groups excluding carboxylic acids is 1. The molecule has 5 nitrogen and oxygen atoms in total. The van der Waals surface area contributed by atoms with E-state index >= 15 is 0 Å². The van der Waals surface area contributed by atoms with Crippen molar-refractivity contribution in [2.24, 2.45) is 0 Å². The van der Waals surface area contributed by atoms with Crippen LogP contribution in [0.5, 0.6) is 11.5 Å². The number of ether oxygens (including phenoxy) is 3. The number of hydrogen-bond donors (Lipinski definition) is 0. The van der Waals surface area contributed by atoms with Crippen molar-refractivity contribution in [2.45, 2.75) is 0 Å². The van der Waals surface area contributed by atoms with Crippen LogP contribution >= 0.6 is 11.3 Å². The van der Waals surface area contributed by atoms with Crippen LogP contribution in [0.2, 0.25) is 0 Å². The molecule has 3 aromatic rings. The van der Waals surface area contributed by atoms with Crippen LogP contribution in [0.3, 0.4) is 0 Å². The molecule has 0 unspecified atom stereocenters. The first-order valence-electron chi connectivity index (χ1n) is 8.28. The molecule has 0 saturated carbocycles. The van der Waals surface area contributed by atoms with Crippen molar-refractivity contribution in [1.29, 1.82) is 0 Å². The molecule has 138 valence electrons. The lowest BCUT2D eigenvalue weighted by Crippen LogP contribution is -2.05. The molecule has 27 heavy (non-hydrogen) atoms. The third-order valence-electron chi connectivity index (χ3n) is 3.76. The minimum atomic E-state index is -0.448. The van der Waals surface area contributed by atoms with E-state index in [0.29, 0.717) is 16.5 Å². The highest BCUT2D eigenvalue weighted by Crippen LogP contribution is 2.33. The van der Waals surface area contributed by atoms with Gasteiger partial charge in [0.15, 0.2) is 17.2 Å². The van der Waals surface area contributed by atoms with Gasteiger partial charge in [-0.3, -0.25) is 0 Å². The number of hydrogen-bond acceptors (Lipinski definition) is 6. The van der Waals surface area contributed by atoms with Gasteiger partial charge in [0, 0.05) is 10.9 Å². The topological polar surface area (TPSA) is 57.7 Å². The van der Waals surface area contributed by atoms with Crippen molar-refractivity contribution < 1.29 is 19.0 Å². The Morgan fingerprint density at radius 2 is 1.85 bits per heavy atom. The molecule has 1 heterocycles. The average molecular weight is 381 g/mol. The molecule has 0 aliphatic heterocycles. The van der Waals surface area contributed by atoms with E-state index in [-0.39, 0.29) is 12.3 Å². The van der Waals surface area contributed by atoms with Crippen molar-refractivity contribution in [3.05, 3.63) is 71.2 Å². The summed E-state index contributed by atoms with van der Waals surface area (Å²) in [5, 5.41) is 2.40. The zero-order chi connectivity index (χ0) is 19.1. The highest BCUT2D eigenvalue weighted by Gasteiger charge is 2.14. The molecule has 0 fully saturated rings. The zero-order valence-corrected chi connectivity index (χ0v) is 15.9. The molecule has 2 aromatic carbocycles. The first-order valence-corrected chi connectivity index (χ1v) is 9.16. The van der Waals surface area contributed by atoms with Gasteiger partial charge in [0.25, 0.3) is 0 Å². The molecule has 0 bridgehead atoms. The molecular weight excluding hydrogens is 362 g/mol. The molecule has 0 N–H and O–H groups in total. The van der Waals surface area contributed by atoms with Crippen molar-refractivity contribution >= 4 is 23.4 Å². The SMILES string of the molecule is COc1ccc(-c2nc(C(=O)OC/C=C/c3ccccc3)cs2)cc1OC. The molecule has 0 aliphatic rings. The van der Waals surface area contributed by atoms with Crippen molar-refractivity contribution in [3.63, 3.8) is 0 Å². The van der Waals surface area contributed by atoms with Crippen LogP contribution in [0.4, 0.5) is 0 Å². The predicted octanol–water partition coefficient (Wildman–Crippen LogP) is 4.70. The first-order chi connectivity index (χ1) is 13.2. The van der Waals surface area contributed by atoms with Gasteiger partial charge < -0.3 is 14.2 Å². The van der Waals surface area contributed by atoms with Crippen LogP contribution in [-0.2, 0) is 4.74 Å². The van der Waals surface area contributed by atoms with Crippen molar-refractivity contribution in [1.82, 2.24) is 4.98 Å². The number of esters is 1. The standard InChI is InChI=1S/C21H19NO4S/c1-24-18-11-10-16(13-19(18)25-2)20-22-17(14-27-20)21(23)26-12-6-9-15-7-4-3-5-8-15/h3-11,13-14H,12H2,1-2H3/b9-6+. The van der Waals surface area contributed by atoms with E-state index in [9.17, 15) is 4.79 Å². The summed E-state index contributed by atoms with van der Waals surface area (Å²) in [5.41, 5.74) is 2.19. The predicted molar refractivity (Wildman–Crippen MR) is 106 cm³/mol. The van der Waals surface area contributed by atoms with E-state index in [1.807, 2.05) is 54.6 Å². The summed E-state index contributed by atoms with van der Waals surface area (Å²) in [6.07, 6.45) is 3.71. The quantitative estimate of drug-likeness (QED) is 0.555. The molecule has 0 spiro atoms. The van der Waals surface area contributed by atoms with Gasteiger partial charge >= 0.3 is 5.97 Å². The molecule has 0 amide bonds. The number of methoxy groups -OCH3 is 2. The van der Waals surface area contributed by atoms with Gasteiger partial charge in [-0.1, -0.05) is 36.4 Å². The van der Waals surface area contributed by atoms with E-state index in [1.165, 1.54) is 11.3 Å². The van der Waals surface area contributed by atoms with Crippen LogP contribution in [-0.4, -0.2) is 31.8 Å². The van der Waals surface area contributed by atoms with Crippen LogP contribution in [0, 0.1) is 0 Å². The summed E-state index contributed by atoms with van der Waals surface area (Å²) < 4.78 is 15.8. The molecule has 6 heteroatoms. The third kappa shape index (κ3) is 4.74. The Hall–Kier alpha value is -3.12. The smallest absolute Gasteiger partial charge is 0.358 e. The monoisotopic (exact) mass is 381 g/mol. The lowest BCUT2D eigenvalue weighted by molar-refractivity contribution is 0.0544. The van der Waals surface area contributed by atoms with E-state index in [0.717, 1.165) is 11.1 Å². The summed E-state index contributed by atoms with van der Waals surface area (Å²) in [5.74, 6) is 0.804. The van der Waals surface area contributed by atoms with Gasteiger partial charge in [0.05, 0.1) is 14.2 Å². The number of benzene rings is 2. The Bertz CT molecular complexity index is 934. The van der Waals surface area contributed by atoms with Gasteiger partial charge in [-0.2, -0.15) is 0 Å². The molecule has 0 saturated heterocycles. The molecule has 1 aromatic heterocycles. The fourth-order valence-corrected chi connectivity index (χ4v) is 3.20. The number of nitrogens with zero attached hydrogens (tertiary/aromatic N) is 1.